The minimum Gasteiger partial charge on any atom is -0.483 e. The molecule has 1 N–H and O–H groups in total. The Morgan fingerprint density at radius 2 is 2.08 bits per heavy atom. The number of rotatable bonds is 2. The standard InChI is InChI=1S/C9H12O4/c1-5-6(2)13-9(3,8(5)12)4-7(10)11/h4H2,1-3H3,(H,10,11). The van der Waals surface area contributed by atoms with Crippen molar-refractivity contribution in [3.63, 3.8) is 0 Å². The lowest BCUT2D eigenvalue weighted by Crippen LogP contribution is -2.36. The van der Waals surface area contributed by atoms with Crippen molar-refractivity contribution >= 4 is 11.8 Å². The predicted molar refractivity (Wildman–Crippen MR) is 45.1 cm³/mol. The van der Waals surface area contributed by atoms with Gasteiger partial charge in [0, 0.05) is 5.57 Å². The first-order chi connectivity index (χ1) is 5.87. The van der Waals surface area contributed by atoms with Gasteiger partial charge in [0.25, 0.3) is 0 Å². The Balaban J connectivity index is 2.88. The fourth-order valence-electron chi connectivity index (χ4n) is 1.42. The van der Waals surface area contributed by atoms with Crippen molar-refractivity contribution in [3.8, 4) is 0 Å². The number of carbonyl (C=O) groups excluding carboxylic acids is 1. The fraction of sp³-hybridized carbons (Fsp3) is 0.556. The molecule has 0 amide bonds. The van der Waals surface area contributed by atoms with Crippen molar-refractivity contribution in [2.75, 3.05) is 0 Å². The molecular weight excluding hydrogens is 172 g/mol. The SMILES string of the molecule is CC1=C(C)C(=O)C(C)(CC(=O)O)O1. The molecule has 1 atom stereocenters. The normalized spacial score (nSPS) is 27.8. The van der Waals surface area contributed by atoms with Crippen LogP contribution < -0.4 is 0 Å². The average molecular weight is 184 g/mol. The molecule has 0 aliphatic carbocycles. The molecule has 0 aromatic rings. The van der Waals surface area contributed by atoms with Gasteiger partial charge in [0.15, 0.2) is 5.60 Å². The zero-order valence-corrected chi connectivity index (χ0v) is 7.88. The Bertz CT molecular complexity index is 303. The number of ether oxygens (including phenoxy) is 1. The van der Waals surface area contributed by atoms with Crippen LogP contribution in [0.5, 0.6) is 0 Å². The van der Waals surface area contributed by atoms with E-state index >= 15 is 0 Å². The van der Waals surface area contributed by atoms with Crippen LogP contribution in [0.3, 0.4) is 0 Å². The van der Waals surface area contributed by atoms with Crippen molar-refractivity contribution in [3.05, 3.63) is 11.3 Å². The van der Waals surface area contributed by atoms with Gasteiger partial charge in [-0.25, -0.2) is 0 Å². The lowest BCUT2D eigenvalue weighted by atomic mass is 9.94. The van der Waals surface area contributed by atoms with E-state index in [2.05, 4.69) is 0 Å². The van der Waals surface area contributed by atoms with E-state index in [4.69, 9.17) is 9.84 Å². The maximum atomic E-state index is 11.5. The van der Waals surface area contributed by atoms with Gasteiger partial charge in [0.1, 0.15) is 5.76 Å². The average Bonchev–Trinajstić information content (AvgIpc) is 2.14. The zero-order chi connectivity index (χ0) is 10.2. The minimum absolute atomic E-state index is 0.229. The number of hydrogen-bond donors (Lipinski definition) is 1. The molecule has 0 saturated heterocycles. The molecule has 4 heteroatoms. The van der Waals surface area contributed by atoms with E-state index in [0.29, 0.717) is 11.3 Å². The lowest BCUT2D eigenvalue weighted by molar-refractivity contribution is -0.147. The highest BCUT2D eigenvalue weighted by atomic mass is 16.5. The molecule has 0 aromatic carbocycles. The van der Waals surface area contributed by atoms with Crippen molar-refractivity contribution in [1.82, 2.24) is 0 Å². The van der Waals surface area contributed by atoms with E-state index in [1.54, 1.807) is 13.8 Å². The van der Waals surface area contributed by atoms with Gasteiger partial charge in [-0.05, 0) is 20.8 Å². The molecule has 13 heavy (non-hydrogen) atoms. The quantitative estimate of drug-likeness (QED) is 0.698. The molecule has 0 fully saturated rings. The first-order valence-corrected chi connectivity index (χ1v) is 4.00. The fourth-order valence-corrected chi connectivity index (χ4v) is 1.42. The Labute approximate surface area is 76.2 Å². The van der Waals surface area contributed by atoms with Gasteiger partial charge in [-0.2, -0.15) is 0 Å². The van der Waals surface area contributed by atoms with E-state index in [0.717, 1.165) is 0 Å². The minimum atomic E-state index is -1.19. The Kier molecular flexibility index (Phi) is 2.15. The van der Waals surface area contributed by atoms with Gasteiger partial charge in [0.05, 0.1) is 6.42 Å². The summed E-state index contributed by atoms with van der Waals surface area (Å²) in [6, 6.07) is 0. The monoisotopic (exact) mass is 184 g/mol. The number of carboxylic acid groups (broad SMARTS) is 1. The van der Waals surface area contributed by atoms with Crippen molar-refractivity contribution in [2.45, 2.75) is 32.8 Å². The van der Waals surface area contributed by atoms with Gasteiger partial charge in [-0.15, -0.1) is 0 Å². The summed E-state index contributed by atoms with van der Waals surface area (Å²) < 4.78 is 5.23. The highest BCUT2D eigenvalue weighted by molar-refractivity contribution is 6.05. The van der Waals surface area contributed by atoms with E-state index in [9.17, 15) is 9.59 Å². The van der Waals surface area contributed by atoms with Crippen LogP contribution in [0.15, 0.2) is 11.3 Å². The third-order valence-corrected chi connectivity index (χ3v) is 2.22. The largest absolute Gasteiger partial charge is 0.483 e. The van der Waals surface area contributed by atoms with E-state index in [1.165, 1.54) is 6.92 Å². The van der Waals surface area contributed by atoms with Crippen molar-refractivity contribution in [1.29, 1.82) is 0 Å². The summed E-state index contributed by atoms with van der Waals surface area (Å²) in [5.74, 6) is -0.737. The summed E-state index contributed by atoms with van der Waals surface area (Å²) in [4.78, 5) is 22.0. The summed E-state index contributed by atoms with van der Waals surface area (Å²) in [5.41, 5.74) is -0.677. The second-order valence-electron chi connectivity index (χ2n) is 3.41. The lowest BCUT2D eigenvalue weighted by Gasteiger charge is -2.20. The first kappa shape index (κ1) is 9.77. The van der Waals surface area contributed by atoms with Crippen LogP contribution in [-0.4, -0.2) is 22.5 Å². The molecule has 0 radical (unpaired) electrons. The van der Waals surface area contributed by atoms with E-state index in [-0.39, 0.29) is 12.2 Å². The second-order valence-corrected chi connectivity index (χ2v) is 3.41. The van der Waals surface area contributed by atoms with Crippen LogP contribution >= 0.6 is 0 Å². The van der Waals surface area contributed by atoms with Crippen LogP contribution in [0.2, 0.25) is 0 Å². The molecule has 4 nitrogen and oxygen atoms in total. The smallest absolute Gasteiger partial charge is 0.307 e. The number of carboxylic acids is 1. The third kappa shape index (κ3) is 1.56. The number of ketones is 1. The van der Waals surface area contributed by atoms with Crippen LogP contribution in [0.4, 0.5) is 0 Å². The highest BCUT2D eigenvalue weighted by Gasteiger charge is 2.44. The van der Waals surface area contributed by atoms with Crippen LogP contribution in [0.25, 0.3) is 0 Å². The van der Waals surface area contributed by atoms with Gasteiger partial charge in [-0.1, -0.05) is 0 Å². The summed E-state index contributed by atoms with van der Waals surface area (Å²) in [6.45, 7) is 4.81. The Hall–Kier alpha value is -1.32. The Morgan fingerprint density at radius 3 is 2.38 bits per heavy atom. The second kappa shape index (κ2) is 2.87. The molecular formula is C9H12O4. The molecule has 1 heterocycles. The maximum Gasteiger partial charge on any atom is 0.307 e. The molecule has 0 bridgehead atoms. The molecule has 1 aliphatic rings. The molecule has 1 unspecified atom stereocenters. The van der Waals surface area contributed by atoms with Gasteiger partial charge >= 0.3 is 5.97 Å². The molecule has 0 spiro atoms. The summed E-state index contributed by atoms with van der Waals surface area (Å²) in [6.07, 6.45) is -0.291. The number of aliphatic carboxylic acids is 1. The predicted octanol–water partition coefficient (Wildman–Crippen LogP) is 1.11. The summed E-state index contributed by atoms with van der Waals surface area (Å²) in [5, 5.41) is 8.58. The van der Waals surface area contributed by atoms with Crippen molar-refractivity contribution < 1.29 is 19.4 Å². The third-order valence-electron chi connectivity index (χ3n) is 2.22. The molecule has 0 saturated carbocycles. The molecule has 0 aromatic heterocycles. The van der Waals surface area contributed by atoms with Gasteiger partial charge in [-0.3, -0.25) is 9.59 Å². The topological polar surface area (TPSA) is 63.6 Å². The Morgan fingerprint density at radius 1 is 1.54 bits per heavy atom. The molecule has 1 rings (SSSR count). The molecule has 1 aliphatic heterocycles. The number of allylic oxidation sites excluding steroid dienone is 1. The number of hydrogen-bond acceptors (Lipinski definition) is 3. The van der Waals surface area contributed by atoms with E-state index in [1.807, 2.05) is 0 Å². The van der Waals surface area contributed by atoms with Gasteiger partial charge in [0.2, 0.25) is 5.78 Å². The van der Waals surface area contributed by atoms with Crippen LogP contribution in [0, 0.1) is 0 Å². The maximum absolute atomic E-state index is 11.5. The van der Waals surface area contributed by atoms with Crippen molar-refractivity contribution in [2.24, 2.45) is 0 Å². The molecule has 72 valence electrons. The van der Waals surface area contributed by atoms with Crippen LogP contribution in [0.1, 0.15) is 27.2 Å². The highest BCUT2D eigenvalue weighted by Crippen LogP contribution is 2.32. The zero-order valence-electron chi connectivity index (χ0n) is 7.88. The summed E-state index contributed by atoms with van der Waals surface area (Å²) >= 11 is 0. The van der Waals surface area contributed by atoms with Gasteiger partial charge < -0.3 is 9.84 Å². The van der Waals surface area contributed by atoms with E-state index < -0.39 is 11.6 Å². The number of carbonyl (C=O) groups is 2. The van der Waals surface area contributed by atoms with Crippen LogP contribution in [-0.2, 0) is 14.3 Å². The summed E-state index contributed by atoms with van der Waals surface area (Å²) in [7, 11) is 0. The first-order valence-electron chi connectivity index (χ1n) is 4.00. The number of Topliss-reactive ketones (excluding diaryl/α,β-unsaturated/α-hetero) is 1.